The van der Waals surface area contributed by atoms with Crippen molar-refractivity contribution < 1.29 is 13.2 Å². The first kappa shape index (κ1) is 18.6. The standard InChI is InChI=1S/C18H21N3O3S2/c1-13-11-15(6-7-17(13)24-3)26(22,23)19-8-9-21-14(2)12-16(20-21)18-5-4-10-25-18/h4-7,10-12,19H,8-9H2,1-3H3. The lowest BCUT2D eigenvalue weighted by molar-refractivity contribution is 0.411. The Morgan fingerprint density at radius 2 is 2.04 bits per heavy atom. The van der Waals surface area contributed by atoms with Gasteiger partial charge in [0.15, 0.2) is 0 Å². The van der Waals surface area contributed by atoms with Crippen molar-refractivity contribution in [3.8, 4) is 16.3 Å². The number of nitrogens with zero attached hydrogens (tertiary/aromatic N) is 2. The third kappa shape index (κ3) is 3.98. The van der Waals surface area contributed by atoms with Gasteiger partial charge in [-0.1, -0.05) is 6.07 Å². The van der Waals surface area contributed by atoms with Gasteiger partial charge in [0.05, 0.1) is 23.4 Å². The number of sulfonamides is 1. The van der Waals surface area contributed by atoms with Gasteiger partial charge in [-0.05, 0) is 55.1 Å². The van der Waals surface area contributed by atoms with Crippen LogP contribution in [-0.4, -0.2) is 31.9 Å². The van der Waals surface area contributed by atoms with Crippen LogP contribution in [0.4, 0.5) is 0 Å². The highest BCUT2D eigenvalue weighted by Crippen LogP contribution is 2.24. The quantitative estimate of drug-likeness (QED) is 0.671. The number of rotatable bonds is 7. The summed E-state index contributed by atoms with van der Waals surface area (Å²) in [7, 11) is -2.01. The molecule has 6 nitrogen and oxygen atoms in total. The molecular formula is C18H21N3O3S2. The number of methoxy groups -OCH3 is 1. The molecule has 0 fully saturated rings. The summed E-state index contributed by atoms with van der Waals surface area (Å²) in [6, 6.07) is 10.8. The summed E-state index contributed by atoms with van der Waals surface area (Å²) in [6.45, 7) is 4.51. The molecule has 0 amide bonds. The monoisotopic (exact) mass is 391 g/mol. The number of aromatic nitrogens is 2. The van der Waals surface area contributed by atoms with E-state index in [9.17, 15) is 8.42 Å². The van der Waals surface area contributed by atoms with Crippen LogP contribution < -0.4 is 9.46 Å². The molecule has 0 aliphatic rings. The van der Waals surface area contributed by atoms with E-state index < -0.39 is 10.0 Å². The van der Waals surface area contributed by atoms with Gasteiger partial charge in [-0.3, -0.25) is 4.68 Å². The first-order valence-electron chi connectivity index (χ1n) is 8.13. The van der Waals surface area contributed by atoms with Gasteiger partial charge in [0.1, 0.15) is 11.4 Å². The van der Waals surface area contributed by atoms with Gasteiger partial charge in [-0.2, -0.15) is 5.10 Å². The van der Waals surface area contributed by atoms with Gasteiger partial charge < -0.3 is 4.74 Å². The van der Waals surface area contributed by atoms with Gasteiger partial charge in [-0.15, -0.1) is 11.3 Å². The SMILES string of the molecule is COc1ccc(S(=O)(=O)NCCn2nc(-c3cccs3)cc2C)cc1C. The minimum atomic E-state index is -3.57. The van der Waals surface area contributed by atoms with Gasteiger partial charge in [0, 0.05) is 12.2 Å². The van der Waals surface area contributed by atoms with Crippen molar-refractivity contribution in [2.45, 2.75) is 25.3 Å². The summed E-state index contributed by atoms with van der Waals surface area (Å²) in [6.07, 6.45) is 0. The summed E-state index contributed by atoms with van der Waals surface area (Å²) in [5.41, 5.74) is 2.68. The predicted molar refractivity (Wildman–Crippen MR) is 103 cm³/mol. The molecule has 26 heavy (non-hydrogen) atoms. The Labute approximate surface area is 157 Å². The van der Waals surface area contributed by atoms with Gasteiger partial charge in [-0.25, -0.2) is 13.1 Å². The molecule has 8 heteroatoms. The zero-order chi connectivity index (χ0) is 18.7. The maximum Gasteiger partial charge on any atom is 0.240 e. The number of aryl methyl sites for hydroxylation is 2. The normalized spacial score (nSPS) is 11.7. The second kappa shape index (κ2) is 7.61. The summed E-state index contributed by atoms with van der Waals surface area (Å²) >= 11 is 1.63. The Morgan fingerprint density at radius 3 is 2.69 bits per heavy atom. The molecule has 1 aromatic carbocycles. The first-order chi connectivity index (χ1) is 12.4. The second-order valence-electron chi connectivity index (χ2n) is 5.90. The first-order valence-corrected chi connectivity index (χ1v) is 10.5. The van der Waals surface area contributed by atoms with E-state index in [0.29, 0.717) is 12.3 Å². The molecule has 0 aliphatic carbocycles. The van der Waals surface area contributed by atoms with E-state index in [1.807, 2.05) is 42.1 Å². The third-order valence-corrected chi connectivity index (χ3v) is 6.40. The molecule has 3 aromatic rings. The van der Waals surface area contributed by atoms with E-state index >= 15 is 0 Å². The number of benzene rings is 1. The summed E-state index contributed by atoms with van der Waals surface area (Å²) in [5.74, 6) is 0.664. The maximum absolute atomic E-state index is 12.5. The second-order valence-corrected chi connectivity index (χ2v) is 8.62. The Hall–Kier alpha value is -2.16. The van der Waals surface area contributed by atoms with E-state index in [1.165, 1.54) is 0 Å². The van der Waals surface area contributed by atoms with E-state index in [2.05, 4.69) is 9.82 Å². The van der Waals surface area contributed by atoms with Gasteiger partial charge in [0.2, 0.25) is 10.0 Å². The van der Waals surface area contributed by atoms with Crippen LogP contribution in [0.2, 0.25) is 0 Å². The lowest BCUT2D eigenvalue weighted by Crippen LogP contribution is -2.28. The molecule has 0 spiro atoms. The number of nitrogens with one attached hydrogen (secondary N) is 1. The topological polar surface area (TPSA) is 73.2 Å². The molecule has 0 saturated heterocycles. The molecule has 0 bridgehead atoms. The van der Waals surface area contributed by atoms with E-state index in [1.54, 1.807) is 36.6 Å². The van der Waals surface area contributed by atoms with Crippen LogP contribution in [0.15, 0.2) is 46.7 Å². The molecule has 3 rings (SSSR count). The van der Waals surface area contributed by atoms with Crippen molar-refractivity contribution in [3.63, 3.8) is 0 Å². The zero-order valence-corrected chi connectivity index (χ0v) is 16.5. The lowest BCUT2D eigenvalue weighted by Gasteiger charge is -2.10. The van der Waals surface area contributed by atoms with Crippen molar-refractivity contribution in [2.75, 3.05) is 13.7 Å². The summed E-state index contributed by atoms with van der Waals surface area (Å²) in [4.78, 5) is 1.33. The van der Waals surface area contributed by atoms with E-state index in [0.717, 1.165) is 21.8 Å². The largest absolute Gasteiger partial charge is 0.496 e. The van der Waals surface area contributed by atoms with Crippen LogP contribution in [-0.2, 0) is 16.6 Å². The third-order valence-electron chi connectivity index (χ3n) is 4.05. The molecular weight excluding hydrogens is 370 g/mol. The highest BCUT2D eigenvalue weighted by molar-refractivity contribution is 7.89. The highest BCUT2D eigenvalue weighted by Gasteiger charge is 2.15. The van der Waals surface area contributed by atoms with Crippen LogP contribution in [0.5, 0.6) is 5.75 Å². The smallest absolute Gasteiger partial charge is 0.240 e. The van der Waals surface area contributed by atoms with Crippen molar-refractivity contribution in [3.05, 3.63) is 53.0 Å². The zero-order valence-electron chi connectivity index (χ0n) is 14.9. The number of hydrogen-bond acceptors (Lipinski definition) is 5. The average molecular weight is 392 g/mol. The van der Waals surface area contributed by atoms with Gasteiger partial charge in [0.25, 0.3) is 0 Å². The number of thiophene rings is 1. The van der Waals surface area contributed by atoms with Crippen LogP contribution in [0, 0.1) is 13.8 Å². The molecule has 2 aromatic heterocycles. The Kier molecular flexibility index (Phi) is 5.45. The maximum atomic E-state index is 12.5. The van der Waals surface area contributed by atoms with Crippen molar-refractivity contribution >= 4 is 21.4 Å². The molecule has 0 saturated carbocycles. The Balaban J connectivity index is 1.67. The van der Waals surface area contributed by atoms with Crippen molar-refractivity contribution in [1.29, 1.82) is 0 Å². The molecule has 138 valence electrons. The van der Waals surface area contributed by atoms with E-state index in [-0.39, 0.29) is 11.4 Å². The fourth-order valence-electron chi connectivity index (χ4n) is 2.67. The van der Waals surface area contributed by atoms with Gasteiger partial charge >= 0.3 is 0 Å². The minimum Gasteiger partial charge on any atom is -0.496 e. The number of hydrogen-bond donors (Lipinski definition) is 1. The molecule has 0 aliphatic heterocycles. The average Bonchev–Trinajstić information content (AvgIpc) is 3.25. The number of ether oxygens (including phenoxy) is 1. The summed E-state index contributed by atoms with van der Waals surface area (Å²) < 4.78 is 34.6. The lowest BCUT2D eigenvalue weighted by atomic mass is 10.2. The Bertz CT molecular complexity index is 993. The molecule has 0 radical (unpaired) electrons. The Morgan fingerprint density at radius 1 is 1.23 bits per heavy atom. The van der Waals surface area contributed by atoms with Crippen LogP contribution in [0.3, 0.4) is 0 Å². The summed E-state index contributed by atoms with van der Waals surface area (Å²) in [5, 5.41) is 6.57. The predicted octanol–water partition coefficient (Wildman–Crippen LogP) is 3.22. The van der Waals surface area contributed by atoms with E-state index in [4.69, 9.17) is 4.74 Å². The van der Waals surface area contributed by atoms with Crippen LogP contribution in [0.1, 0.15) is 11.3 Å². The highest BCUT2D eigenvalue weighted by atomic mass is 32.2. The van der Waals surface area contributed by atoms with Crippen molar-refractivity contribution in [2.24, 2.45) is 0 Å². The molecule has 1 N–H and O–H groups in total. The molecule has 2 heterocycles. The van der Waals surface area contributed by atoms with Crippen LogP contribution >= 0.6 is 11.3 Å². The van der Waals surface area contributed by atoms with Crippen molar-refractivity contribution in [1.82, 2.24) is 14.5 Å². The minimum absolute atomic E-state index is 0.229. The fourth-order valence-corrected chi connectivity index (χ4v) is 4.46. The molecule has 0 unspecified atom stereocenters. The van der Waals surface area contributed by atoms with Crippen LogP contribution in [0.25, 0.3) is 10.6 Å². The molecule has 0 atom stereocenters. The fraction of sp³-hybridized carbons (Fsp3) is 0.278.